The third kappa shape index (κ3) is 3.68. The third-order valence-corrected chi connectivity index (χ3v) is 4.41. The lowest BCUT2D eigenvalue weighted by atomic mass is 10.1. The fourth-order valence-corrected chi connectivity index (χ4v) is 3.03. The molecule has 3 aromatic heterocycles. The third-order valence-electron chi connectivity index (χ3n) is 3.56. The molecule has 1 N–H and O–H groups in total. The Kier molecular flexibility index (Phi) is 5.32. The van der Waals surface area contributed by atoms with Gasteiger partial charge in [-0.1, -0.05) is 17.7 Å². The van der Waals surface area contributed by atoms with Gasteiger partial charge in [-0.05, 0) is 42.7 Å². The molecule has 3 rings (SSSR count). The zero-order valence-electron chi connectivity index (χ0n) is 13.0. The minimum absolute atomic E-state index is 0.210. The van der Waals surface area contributed by atoms with E-state index < -0.39 is 0 Å². The lowest BCUT2D eigenvalue weighted by molar-refractivity contribution is 0.0933. The lowest BCUT2D eigenvalue weighted by Gasteiger charge is -2.17. The average molecular weight is 362 g/mol. The molecule has 1 unspecified atom stereocenters. The first-order valence-electron chi connectivity index (χ1n) is 7.40. The maximum atomic E-state index is 12.5. The van der Waals surface area contributed by atoms with Crippen LogP contribution in [0.1, 0.15) is 28.6 Å². The average Bonchev–Trinajstić information content (AvgIpc) is 3.02. The maximum absolute atomic E-state index is 12.5. The quantitative estimate of drug-likeness (QED) is 0.683. The van der Waals surface area contributed by atoms with Crippen molar-refractivity contribution >= 4 is 34.9 Å². The summed E-state index contributed by atoms with van der Waals surface area (Å²) in [4.78, 5) is 16.4. The molecule has 6 nitrogen and oxygen atoms in total. The molecule has 24 heavy (non-hydrogen) atoms. The summed E-state index contributed by atoms with van der Waals surface area (Å²) in [7, 11) is 0. The molecule has 0 aromatic carbocycles. The number of nitrogens with zero attached hydrogens (tertiary/aromatic N) is 4. The van der Waals surface area contributed by atoms with E-state index in [0.29, 0.717) is 11.4 Å². The highest BCUT2D eigenvalue weighted by Crippen LogP contribution is 2.19. The molecule has 124 valence electrons. The first kappa shape index (κ1) is 16.7. The van der Waals surface area contributed by atoms with Gasteiger partial charge in [-0.3, -0.25) is 9.20 Å². The lowest BCUT2D eigenvalue weighted by Crippen LogP contribution is -2.30. The van der Waals surface area contributed by atoms with Gasteiger partial charge in [-0.2, -0.15) is 11.8 Å². The molecule has 0 spiro atoms. The highest BCUT2D eigenvalue weighted by Gasteiger charge is 2.21. The molecular weight excluding hydrogens is 346 g/mol. The van der Waals surface area contributed by atoms with Gasteiger partial charge < -0.3 is 5.32 Å². The second kappa shape index (κ2) is 7.63. The molecule has 3 aromatic rings. The van der Waals surface area contributed by atoms with Crippen LogP contribution in [0.3, 0.4) is 0 Å². The molecule has 3 heterocycles. The van der Waals surface area contributed by atoms with Crippen LogP contribution in [0.4, 0.5) is 0 Å². The number of thioether (sulfide) groups is 1. The van der Waals surface area contributed by atoms with Gasteiger partial charge in [0.1, 0.15) is 5.15 Å². The summed E-state index contributed by atoms with van der Waals surface area (Å²) in [5.74, 6) is 1.40. The minimum Gasteiger partial charge on any atom is -0.342 e. The van der Waals surface area contributed by atoms with Crippen LogP contribution < -0.4 is 5.32 Å². The Balaban J connectivity index is 1.88. The van der Waals surface area contributed by atoms with Crippen molar-refractivity contribution in [2.45, 2.75) is 12.5 Å². The van der Waals surface area contributed by atoms with Gasteiger partial charge in [-0.15, -0.1) is 10.2 Å². The number of fused-ring (bicyclic) bond motifs is 1. The van der Waals surface area contributed by atoms with E-state index in [2.05, 4.69) is 20.5 Å². The zero-order chi connectivity index (χ0) is 16.9. The van der Waals surface area contributed by atoms with Crippen molar-refractivity contribution in [2.75, 3.05) is 12.0 Å². The Morgan fingerprint density at radius 3 is 3.04 bits per heavy atom. The second-order valence-corrected chi connectivity index (χ2v) is 6.53. The standard InChI is InChI=1S/C16H16ClN5OS/c1-24-9-6-12(15-21-20-14-4-2-3-8-22(14)15)19-16(23)11-5-7-18-13(17)10-11/h2-5,7-8,10,12H,6,9H2,1H3,(H,19,23). The van der Waals surface area contributed by atoms with Crippen LogP contribution in [-0.4, -0.2) is 37.5 Å². The van der Waals surface area contributed by atoms with Crippen molar-refractivity contribution in [3.8, 4) is 0 Å². The predicted molar refractivity (Wildman–Crippen MR) is 95.4 cm³/mol. The van der Waals surface area contributed by atoms with E-state index in [0.717, 1.165) is 17.8 Å². The van der Waals surface area contributed by atoms with E-state index in [1.165, 1.54) is 6.20 Å². The van der Waals surface area contributed by atoms with Crippen LogP contribution in [-0.2, 0) is 0 Å². The van der Waals surface area contributed by atoms with E-state index in [1.54, 1.807) is 23.9 Å². The van der Waals surface area contributed by atoms with Gasteiger partial charge in [-0.25, -0.2) is 4.98 Å². The van der Waals surface area contributed by atoms with Crippen molar-refractivity contribution in [1.29, 1.82) is 0 Å². The Morgan fingerprint density at radius 2 is 2.25 bits per heavy atom. The van der Waals surface area contributed by atoms with Gasteiger partial charge in [0.05, 0.1) is 6.04 Å². The zero-order valence-corrected chi connectivity index (χ0v) is 14.6. The smallest absolute Gasteiger partial charge is 0.252 e. The van der Waals surface area contributed by atoms with E-state index >= 15 is 0 Å². The van der Waals surface area contributed by atoms with Crippen molar-refractivity contribution < 1.29 is 4.79 Å². The summed E-state index contributed by atoms with van der Waals surface area (Å²) in [5, 5.41) is 11.7. The summed E-state index contributed by atoms with van der Waals surface area (Å²) in [6.45, 7) is 0. The first-order valence-corrected chi connectivity index (χ1v) is 9.17. The van der Waals surface area contributed by atoms with E-state index in [4.69, 9.17) is 11.6 Å². The van der Waals surface area contributed by atoms with Gasteiger partial charge >= 0.3 is 0 Å². The number of hydrogen-bond donors (Lipinski definition) is 1. The summed E-state index contributed by atoms with van der Waals surface area (Å²) in [5.41, 5.74) is 1.22. The van der Waals surface area contributed by atoms with Crippen LogP contribution in [0.5, 0.6) is 0 Å². The van der Waals surface area contributed by atoms with Crippen LogP contribution in [0.15, 0.2) is 42.7 Å². The Bertz CT molecular complexity index is 853. The summed E-state index contributed by atoms with van der Waals surface area (Å²) < 4.78 is 1.89. The SMILES string of the molecule is CSCCC(NC(=O)c1ccnc(Cl)c1)c1nnc2ccccn12. The number of pyridine rings is 2. The Labute approximate surface area is 148 Å². The first-order chi connectivity index (χ1) is 11.7. The maximum Gasteiger partial charge on any atom is 0.252 e. The normalized spacial score (nSPS) is 12.2. The predicted octanol–water partition coefficient (Wildman–Crippen LogP) is 3.00. The number of rotatable bonds is 6. The molecule has 0 aliphatic carbocycles. The van der Waals surface area contributed by atoms with Crippen LogP contribution in [0.25, 0.3) is 5.65 Å². The summed E-state index contributed by atoms with van der Waals surface area (Å²) in [6.07, 6.45) is 6.19. The number of carbonyl (C=O) groups excluding carboxylic acids is 1. The Morgan fingerprint density at radius 1 is 1.38 bits per heavy atom. The van der Waals surface area contributed by atoms with Crippen molar-refractivity contribution in [2.24, 2.45) is 0 Å². The van der Waals surface area contributed by atoms with E-state index in [1.807, 2.05) is 35.1 Å². The summed E-state index contributed by atoms with van der Waals surface area (Å²) >= 11 is 7.58. The Hall–Kier alpha value is -2.12. The topological polar surface area (TPSA) is 72.2 Å². The molecular formula is C16H16ClN5OS. The fourth-order valence-electron chi connectivity index (χ4n) is 2.38. The number of amides is 1. The summed E-state index contributed by atoms with van der Waals surface area (Å²) in [6, 6.07) is 8.64. The molecule has 0 radical (unpaired) electrons. The van der Waals surface area contributed by atoms with Gasteiger partial charge in [0.25, 0.3) is 5.91 Å². The molecule has 1 atom stereocenters. The highest BCUT2D eigenvalue weighted by atomic mass is 35.5. The van der Waals surface area contributed by atoms with Gasteiger partial charge in [0.15, 0.2) is 11.5 Å². The van der Waals surface area contributed by atoms with Gasteiger partial charge in [0.2, 0.25) is 0 Å². The van der Waals surface area contributed by atoms with E-state index in [-0.39, 0.29) is 17.1 Å². The molecule has 0 saturated heterocycles. The van der Waals surface area contributed by atoms with E-state index in [9.17, 15) is 4.79 Å². The van der Waals surface area contributed by atoms with Crippen LogP contribution in [0, 0.1) is 0 Å². The minimum atomic E-state index is -0.241. The van der Waals surface area contributed by atoms with Crippen LogP contribution in [0.2, 0.25) is 5.15 Å². The largest absolute Gasteiger partial charge is 0.342 e. The molecule has 0 aliphatic rings. The monoisotopic (exact) mass is 361 g/mol. The van der Waals surface area contributed by atoms with Crippen molar-refractivity contribution in [1.82, 2.24) is 24.9 Å². The number of halogens is 1. The van der Waals surface area contributed by atoms with Gasteiger partial charge in [0, 0.05) is 18.0 Å². The molecule has 0 aliphatic heterocycles. The molecule has 0 saturated carbocycles. The molecule has 1 amide bonds. The second-order valence-electron chi connectivity index (χ2n) is 5.16. The molecule has 0 bridgehead atoms. The number of carbonyl (C=O) groups is 1. The fraction of sp³-hybridized carbons (Fsp3) is 0.250. The molecule has 8 heteroatoms. The van der Waals surface area contributed by atoms with Crippen LogP contribution >= 0.6 is 23.4 Å². The van der Waals surface area contributed by atoms with Crippen molar-refractivity contribution in [3.05, 3.63) is 59.3 Å². The highest BCUT2D eigenvalue weighted by molar-refractivity contribution is 7.98. The number of hydrogen-bond acceptors (Lipinski definition) is 5. The number of nitrogens with one attached hydrogen (secondary N) is 1. The molecule has 0 fully saturated rings. The van der Waals surface area contributed by atoms with Crippen molar-refractivity contribution in [3.63, 3.8) is 0 Å². The number of aromatic nitrogens is 4.